The molecular weight excluding hydrogens is 422 g/mol. The molecule has 4 aromatic rings. The van der Waals surface area contributed by atoms with E-state index in [-0.39, 0.29) is 36.5 Å². The van der Waals surface area contributed by atoms with Gasteiger partial charge >= 0.3 is 5.63 Å². The van der Waals surface area contributed by atoms with E-state index in [2.05, 4.69) is 10.3 Å². The Morgan fingerprint density at radius 2 is 1.52 bits per heavy atom. The first-order valence-corrected chi connectivity index (χ1v) is 10.3. The van der Waals surface area contributed by atoms with Gasteiger partial charge in [-0.05, 0) is 60.7 Å². The van der Waals surface area contributed by atoms with Gasteiger partial charge in [0.1, 0.15) is 0 Å². The maximum Gasteiger partial charge on any atom is 0.347 e. The second-order valence-corrected chi connectivity index (χ2v) is 7.52. The van der Waals surface area contributed by atoms with E-state index in [1.165, 1.54) is 0 Å². The molecule has 0 bridgehead atoms. The Kier molecular flexibility index (Phi) is 5.02. The number of rotatable bonds is 4. The molecule has 0 aliphatic carbocycles. The highest BCUT2D eigenvalue weighted by atomic mass is 16.4. The number of anilines is 2. The SMILES string of the molecule is O=C(Nc1ccc(-c2nc3ccccc3c(=O)o2)cc1)c1ccc(N2C(=O)CCC2=O)cc1. The van der Waals surface area contributed by atoms with Gasteiger partial charge in [0.05, 0.1) is 16.6 Å². The van der Waals surface area contributed by atoms with Crippen molar-refractivity contribution >= 4 is 40.0 Å². The van der Waals surface area contributed by atoms with Crippen molar-refractivity contribution in [2.75, 3.05) is 10.2 Å². The lowest BCUT2D eigenvalue weighted by atomic mass is 10.1. The average molecular weight is 439 g/mol. The van der Waals surface area contributed by atoms with Crippen LogP contribution in [0.25, 0.3) is 22.4 Å². The van der Waals surface area contributed by atoms with Gasteiger partial charge in [-0.25, -0.2) is 9.78 Å². The Bertz CT molecular complexity index is 1440. The zero-order valence-electron chi connectivity index (χ0n) is 17.3. The highest BCUT2D eigenvalue weighted by Crippen LogP contribution is 2.24. The van der Waals surface area contributed by atoms with Crippen LogP contribution in [0.4, 0.5) is 11.4 Å². The van der Waals surface area contributed by atoms with E-state index in [0.717, 1.165) is 4.90 Å². The second kappa shape index (κ2) is 8.16. The van der Waals surface area contributed by atoms with Gasteiger partial charge < -0.3 is 9.73 Å². The van der Waals surface area contributed by atoms with Crippen LogP contribution in [0, 0.1) is 0 Å². The summed E-state index contributed by atoms with van der Waals surface area (Å²) >= 11 is 0. The summed E-state index contributed by atoms with van der Waals surface area (Å²) in [7, 11) is 0. The Labute approximate surface area is 187 Å². The minimum Gasteiger partial charge on any atom is -0.403 e. The van der Waals surface area contributed by atoms with Crippen molar-refractivity contribution < 1.29 is 18.8 Å². The van der Waals surface area contributed by atoms with Gasteiger partial charge in [-0.3, -0.25) is 19.3 Å². The summed E-state index contributed by atoms with van der Waals surface area (Å²) in [5, 5.41) is 3.20. The number of benzene rings is 3. The maximum absolute atomic E-state index is 12.6. The van der Waals surface area contributed by atoms with Crippen molar-refractivity contribution in [1.82, 2.24) is 4.98 Å². The predicted octanol–water partition coefficient (Wildman–Crippen LogP) is 3.76. The van der Waals surface area contributed by atoms with Gasteiger partial charge in [-0.1, -0.05) is 12.1 Å². The maximum atomic E-state index is 12.6. The minimum atomic E-state index is -0.464. The number of imide groups is 1. The summed E-state index contributed by atoms with van der Waals surface area (Å²) in [5.74, 6) is -0.634. The third-order valence-electron chi connectivity index (χ3n) is 5.36. The first kappa shape index (κ1) is 20.3. The molecule has 3 amide bonds. The lowest BCUT2D eigenvalue weighted by molar-refractivity contribution is -0.121. The number of para-hydroxylation sites is 1. The number of aromatic nitrogens is 1. The molecule has 162 valence electrons. The smallest absolute Gasteiger partial charge is 0.347 e. The van der Waals surface area contributed by atoms with E-state index in [1.54, 1.807) is 72.8 Å². The topological polar surface area (TPSA) is 110 Å². The fourth-order valence-corrected chi connectivity index (χ4v) is 3.67. The highest BCUT2D eigenvalue weighted by Gasteiger charge is 2.30. The summed E-state index contributed by atoms with van der Waals surface area (Å²) < 4.78 is 5.33. The molecule has 1 aliphatic heterocycles. The molecule has 8 nitrogen and oxygen atoms in total. The number of hydrogen-bond donors (Lipinski definition) is 1. The largest absolute Gasteiger partial charge is 0.403 e. The van der Waals surface area contributed by atoms with E-state index in [1.807, 2.05) is 0 Å². The van der Waals surface area contributed by atoms with Crippen molar-refractivity contribution in [2.45, 2.75) is 12.8 Å². The van der Waals surface area contributed by atoms with Gasteiger partial charge in [0.2, 0.25) is 17.7 Å². The molecule has 0 saturated carbocycles. The lowest BCUT2D eigenvalue weighted by Crippen LogP contribution is -2.28. The Morgan fingerprint density at radius 1 is 0.848 bits per heavy atom. The van der Waals surface area contributed by atoms with E-state index >= 15 is 0 Å². The summed E-state index contributed by atoms with van der Waals surface area (Å²) in [4.78, 5) is 54.0. The Morgan fingerprint density at radius 3 is 2.21 bits per heavy atom. The number of amides is 3. The third-order valence-corrected chi connectivity index (χ3v) is 5.36. The molecule has 3 aromatic carbocycles. The van der Waals surface area contributed by atoms with Crippen molar-refractivity contribution in [3.8, 4) is 11.5 Å². The van der Waals surface area contributed by atoms with Gasteiger partial charge in [-0.2, -0.15) is 0 Å². The normalized spacial score (nSPS) is 13.5. The van der Waals surface area contributed by atoms with E-state index in [0.29, 0.717) is 33.4 Å². The van der Waals surface area contributed by atoms with E-state index in [4.69, 9.17) is 4.42 Å². The molecule has 8 heteroatoms. The molecule has 1 aromatic heterocycles. The predicted molar refractivity (Wildman–Crippen MR) is 122 cm³/mol. The molecular formula is C25H17N3O5. The fraction of sp³-hybridized carbons (Fsp3) is 0.0800. The molecule has 0 radical (unpaired) electrons. The summed E-state index contributed by atoms with van der Waals surface area (Å²) in [6, 6.07) is 20.0. The number of carbonyl (C=O) groups excluding carboxylic acids is 3. The Hall–Kier alpha value is -4.59. The van der Waals surface area contributed by atoms with Crippen LogP contribution in [0.1, 0.15) is 23.2 Å². The van der Waals surface area contributed by atoms with Crippen LogP contribution < -0.4 is 15.8 Å². The fourth-order valence-electron chi connectivity index (χ4n) is 3.67. The van der Waals surface area contributed by atoms with Crippen LogP contribution >= 0.6 is 0 Å². The van der Waals surface area contributed by atoms with E-state index in [9.17, 15) is 19.2 Å². The first-order chi connectivity index (χ1) is 16.0. The molecule has 0 unspecified atom stereocenters. The first-order valence-electron chi connectivity index (χ1n) is 10.3. The molecule has 0 spiro atoms. The summed E-state index contributed by atoms with van der Waals surface area (Å²) in [6.07, 6.45) is 0.407. The molecule has 1 aliphatic rings. The number of nitrogens with zero attached hydrogens (tertiary/aromatic N) is 2. The van der Waals surface area contributed by atoms with Crippen LogP contribution in [0.2, 0.25) is 0 Å². The van der Waals surface area contributed by atoms with Gasteiger partial charge in [0, 0.05) is 29.7 Å². The van der Waals surface area contributed by atoms with Crippen LogP contribution in [0.5, 0.6) is 0 Å². The second-order valence-electron chi connectivity index (χ2n) is 7.52. The van der Waals surface area contributed by atoms with Crippen LogP contribution in [0.3, 0.4) is 0 Å². The summed E-state index contributed by atoms with van der Waals surface area (Å²) in [5.41, 5.74) is 2.05. The molecule has 1 N–H and O–H groups in total. The summed E-state index contributed by atoms with van der Waals surface area (Å²) in [6.45, 7) is 0. The van der Waals surface area contributed by atoms with Crippen molar-refractivity contribution in [3.05, 3.63) is 88.8 Å². The molecule has 1 saturated heterocycles. The van der Waals surface area contributed by atoms with Crippen LogP contribution in [-0.4, -0.2) is 22.7 Å². The highest BCUT2D eigenvalue weighted by molar-refractivity contribution is 6.20. The molecule has 5 rings (SSSR count). The van der Waals surface area contributed by atoms with Gasteiger partial charge in [-0.15, -0.1) is 0 Å². The zero-order chi connectivity index (χ0) is 22.9. The van der Waals surface area contributed by atoms with Crippen LogP contribution in [-0.2, 0) is 9.59 Å². The standard InChI is InChI=1S/C25H17N3O5/c29-21-13-14-22(30)28(21)18-11-7-15(8-12-18)23(31)26-17-9-5-16(6-10-17)24-27-20-4-2-1-3-19(20)25(32)33-24/h1-12H,13-14H2,(H,26,31). The van der Waals surface area contributed by atoms with Crippen molar-refractivity contribution in [3.63, 3.8) is 0 Å². The molecule has 1 fully saturated rings. The number of fused-ring (bicyclic) bond motifs is 1. The van der Waals surface area contributed by atoms with Crippen LogP contribution in [0.15, 0.2) is 82.0 Å². The number of hydrogen-bond acceptors (Lipinski definition) is 6. The lowest BCUT2D eigenvalue weighted by Gasteiger charge is -2.14. The monoisotopic (exact) mass is 439 g/mol. The van der Waals surface area contributed by atoms with Crippen molar-refractivity contribution in [2.24, 2.45) is 0 Å². The molecule has 2 heterocycles. The van der Waals surface area contributed by atoms with Gasteiger partial charge in [0.15, 0.2) is 0 Å². The Balaban J connectivity index is 1.31. The molecule has 0 atom stereocenters. The third kappa shape index (κ3) is 3.89. The number of nitrogens with one attached hydrogen (secondary N) is 1. The van der Waals surface area contributed by atoms with Gasteiger partial charge in [0.25, 0.3) is 5.91 Å². The molecule has 33 heavy (non-hydrogen) atoms. The zero-order valence-corrected chi connectivity index (χ0v) is 17.3. The van der Waals surface area contributed by atoms with Crippen molar-refractivity contribution in [1.29, 1.82) is 0 Å². The average Bonchev–Trinajstić information content (AvgIpc) is 3.17. The number of carbonyl (C=O) groups is 3. The van der Waals surface area contributed by atoms with E-state index < -0.39 is 5.63 Å². The quantitative estimate of drug-likeness (QED) is 0.485. The minimum absolute atomic E-state index is 0.193.